The molecular formula is C19H25N3O3S. The minimum atomic E-state index is -0.278. The number of aromatic nitrogens is 1. The third-order valence-electron chi connectivity index (χ3n) is 4.32. The molecule has 3 rings (SSSR count). The summed E-state index contributed by atoms with van der Waals surface area (Å²) in [6.07, 6.45) is 0.840. The number of aryl methyl sites for hydroxylation is 1. The maximum absolute atomic E-state index is 12.4. The van der Waals surface area contributed by atoms with Gasteiger partial charge in [0.15, 0.2) is 0 Å². The average molecular weight is 375 g/mol. The van der Waals surface area contributed by atoms with E-state index in [4.69, 9.17) is 4.74 Å². The number of carbonyl (C=O) groups is 2. The molecule has 0 radical (unpaired) electrons. The van der Waals surface area contributed by atoms with Gasteiger partial charge >= 0.3 is 6.09 Å². The Morgan fingerprint density at radius 3 is 2.54 bits per heavy atom. The number of rotatable bonds is 5. The maximum Gasteiger partial charge on any atom is 0.409 e. The molecule has 0 bridgehead atoms. The van der Waals surface area contributed by atoms with E-state index in [0.29, 0.717) is 51.5 Å². The van der Waals surface area contributed by atoms with Crippen molar-refractivity contribution in [3.05, 3.63) is 29.3 Å². The Kier molecular flexibility index (Phi) is 6.08. The quantitative estimate of drug-likeness (QED) is 0.805. The summed E-state index contributed by atoms with van der Waals surface area (Å²) in [7, 11) is 0. The number of hydrogen-bond acceptors (Lipinski definition) is 5. The number of ether oxygens (including phenoxy) is 1. The van der Waals surface area contributed by atoms with Crippen LogP contribution in [0.2, 0.25) is 0 Å². The number of piperazine rings is 1. The van der Waals surface area contributed by atoms with Crippen LogP contribution in [0.3, 0.4) is 0 Å². The van der Waals surface area contributed by atoms with Gasteiger partial charge in [-0.2, -0.15) is 0 Å². The van der Waals surface area contributed by atoms with Gasteiger partial charge in [0, 0.05) is 39.0 Å². The van der Waals surface area contributed by atoms with Crippen molar-refractivity contribution in [1.82, 2.24) is 14.8 Å². The van der Waals surface area contributed by atoms with Gasteiger partial charge in [-0.1, -0.05) is 26.0 Å². The fourth-order valence-electron chi connectivity index (χ4n) is 2.87. The van der Waals surface area contributed by atoms with E-state index >= 15 is 0 Å². The number of thiazole rings is 1. The number of fused-ring (bicyclic) bond motifs is 1. The Balaban J connectivity index is 1.44. The maximum atomic E-state index is 12.4. The number of nitrogens with zero attached hydrogens (tertiary/aromatic N) is 3. The van der Waals surface area contributed by atoms with Gasteiger partial charge in [-0.05, 0) is 18.1 Å². The Labute approximate surface area is 157 Å². The van der Waals surface area contributed by atoms with E-state index in [9.17, 15) is 9.59 Å². The third-order valence-corrected chi connectivity index (χ3v) is 5.42. The van der Waals surface area contributed by atoms with Gasteiger partial charge in [0.25, 0.3) is 0 Å². The summed E-state index contributed by atoms with van der Waals surface area (Å²) >= 11 is 1.65. The third kappa shape index (κ3) is 4.72. The smallest absolute Gasteiger partial charge is 0.409 e. The molecule has 1 aromatic carbocycles. The summed E-state index contributed by atoms with van der Waals surface area (Å²) in [5.41, 5.74) is 0.994. The van der Waals surface area contributed by atoms with Gasteiger partial charge in [0.05, 0.1) is 21.8 Å². The number of benzene rings is 1. The van der Waals surface area contributed by atoms with Crippen molar-refractivity contribution >= 4 is 33.6 Å². The lowest BCUT2D eigenvalue weighted by molar-refractivity contribution is -0.132. The number of hydrogen-bond donors (Lipinski definition) is 0. The monoisotopic (exact) mass is 375 g/mol. The molecule has 1 aromatic heterocycles. The zero-order chi connectivity index (χ0) is 18.5. The predicted molar refractivity (Wildman–Crippen MR) is 102 cm³/mol. The number of amides is 2. The molecule has 140 valence electrons. The van der Waals surface area contributed by atoms with Crippen molar-refractivity contribution in [1.29, 1.82) is 0 Å². The van der Waals surface area contributed by atoms with E-state index in [1.807, 2.05) is 36.9 Å². The summed E-state index contributed by atoms with van der Waals surface area (Å²) < 4.78 is 6.41. The molecule has 0 unspecified atom stereocenters. The molecule has 1 fully saturated rings. The van der Waals surface area contributed by atoms with E-state index in [1.54, 1.807) is 16.2 Å². The lowest BCUT2D eigenvalue weighted by Gasteiger charge is -2.34. The van der Waals surface area contributed by atoms with Crippen LogP contribution in [0.15, 0.2) is 24.3 Å². The normalized spacial score (nSPS) is 14.9. The summed E-state index contributed by atoms with van der Waals surface area (Å²) in [6, 6.07) is 8.02. The second-order valence-electron chi connectivity index (χ2n) is 6.91. The van der Waals surface area contributed by atoms with Crippen LogP contribution in [-0.2, 0) is 16.0 Å². The van der Waals surface area contributed by atoms with Crippen molar-refractivity contribution < 1.29 is 14.3 Å². The standard InChI is InChI=1S/C19H25N3O3S/c1-14(2)13-25-19(24)22-11-9-21(10-12-22)18(23)8-7-17-20-15-5-3-4-6-16(15)26-17/h3-6,14H,7-13H2,1-2H3. The average Bonchev–Trinajstić information content (AvgIpc) is 3.07. The SMILES string of the molecule is CC(C)COC(=O)N1CCN(C(=O)CCc2nc3ccccc3s2)CC1. The van der Waals surface area contributed by atoms with E-state index in [0.717, 1.165) is 15.2 Å². The molecule has 1 aliphatic heterocycles. The van der Waals surface area contributed by atoms with Gasteiger partial charge < -0.3 is 14.5 Å². The molecule has 0 atom stereocenters. The number of para-hydroxylation sites is 1. The van der Waals surface area contributed by atoms with Crippen molar-refractivity contribution in [2.75, 3.05) is 32.8 Å². The first-order valence-electron chi connectivity index (χ1n) is 9.07. The first kappa shape index (κ1) is 18.6. The van der Waals surface area contributed by atoms with E-state index in [1.165, 1.54) is 0 Å². The number of carbonyl (C=O) groups excluding carboxylic acids is 2. The Morgan fingerprint density at radius 1 is 1.15 bits per heavy atom. The van der Waals surface area contributed by atoms with Gasteiger partial charge in [0.1, 0.15) is 0 Å². The topological polar surface area (TPSA) is 62.7 Å². The molecular weight excluding hydrogens is 350 g/mol. The molecule has 2 aromatic rings. The fourth-order valence-corrected chi connectivity index (χ4v) is 3.83. The first-order chi connectivity index (χ1) is 12.5. The zero-order valence-corrected chi connectivity index (χ0v) is 16.1. The highest BCUT2D eigenvalue weighted by Crippen LogP contribution is 2.22. The van der Waals surface area contributed by atoms with E-state index in [-0.39, 0.29) is 12.0 Å². The summed E-state index contributed by atoms with van der Waals surface area (Å²) in [6.45, 7) is 6.64. The van der Waals surface area contributed by atoms with Crippen LogP contribution >= 0.6 is 11.3 Å². The molecule has 26 heavy (non-hydrogen) atoms. The van der Waals surface area contributed by atoms with Crippen molar-refractivity contribution in [3.63, 3.8) is 0 Å². The van der Waals surface area contributed by atoms with Gasteiger partial charge in [0.2, 0.25) is 5.91 Å². The molecule has 7 heteroatoms. The van der Waals surface area contributed by atoms with Crippen LogP contribution in [0.1, 0.15) is 25.3 Å². The highest BCUT2D eigenvalue weighted by molar-refractivity contribution is 7.18. The predicted octanol–water partition coefficient (Wildman–Crippen LogP) is 3.17. The van der Waals surface area contributed by atoms with Gasteiger partial charge in [-0.3, -0.25) is 4.79 Å². The van der Waals surface area contributed by atoms with E-state index < -0.39 is 0 Å². The lowest BCUT2D eigenvalue weighted by atomic mass is 10.2. The molecule has 0 spiro atoms. The molecule has 1 aliphatic rings. The van der Waals surface area contributed by atoms with Crippen molar-refractivity contribution in [2.24, 2.45) is 5.92 Å². The Hall–Kier alpha value is -2.15. The summed E-state index contributed by atoms with van der Waals surface area (Å²) in [5.74, 6) is 0.448. The molecule has 2 heterocycles. The lowest BCUT2D eigenvalue weighted by Crippen LogP contribution is -2.50. The molecule has 2 amide bonds. The second kappa shape index (κ2) is 8.49. The van der Waals surface area contributed by atoms with Crippen molar-refractivity contribution in [2.45, 2.75) is 26.7 Å². The summed E-state index contributed by atoms with van der Waals surface area (Å²) in [5, 5.41) is 0.996. The Morgan fingerprint density at radius 2 is 1.85 bits per heavy atom. The van der Waals surface area contributed by atoms with Crippen LogP contribution in [-0.4, -0.2) is 59.6 Å². The Bertz CT molecular complexity index is 733. The van der Waals surface area contributed by atoms with Crippen LogP contribution in [0.4, 0.5) is 4.79 Å². The van der Waals surface area contributed by atoms with Crippen LogP contribution in [0.25, 0.3) is 10.2 Å². The highest BCUT2D eigenvalue weighted by atomic mass is 32.1. The van der Waals surface area contributed by atoms with Crippen molar-refractivity contribution in [3.8, 4) is 0 Å². The van der Waals surface area contributed by atoms with Gasteiger partial charge in [-0.25, -0.2) is 9.78 Å². The highest BCUT2D eigenvalue weighted by Gasteiger charge is 2.25. The van der Waals surface area contributed by atoms with Gasteiger partial charge in [-0.15, -0.1) is 11.3 Å². The molecule has 6 nitrogen and oxygen atoms in total. The molecule has 0 N–H and O–H groups in total. The minimum Gasteiger partial charge on any atom is -0.449 e. The van der Waals surface area contributed by atoms with Crippen LogP contribution in [0.5, 0.6) is 0 Å². The zero-order valence-electron chi connectivity index (χ0n) is 15.3. The first-order valence-corrected chi connectivity index (χ1v) is 9.88. The fraction of sp³-hybridized carbons (Fsp3) is 0.526. The van der Waals surface area contributed by atoms with Crippen LogP contribution < -0.4 is 0 Å². The van der Waals surface area contributed by atoms with E-state index in [2.05, 4.69) is 11.1 Å². The molecule has 0 saturated carbocycles. The largest absolute Gasteiger partial charge is 0.449 e. The molecule has 0 aliphatic carbocycles. The van der Waals surface area contributed by atoms with Crippen LogP contribution in [0, 0.1) is 5.92 Å². The molecule has 1 saturated heterocycles. The minimum absolute atomic E-state index is 0.124. The summed E-state index contributed by atoms with van der Waals surface area (Å²) in [4.78, 5) is 32.5. The second-order valence-corrected chi connectivity index (χ2v) is 8.03.